The average Bonchev–Trinajstić information content (AvgIpc) is 2.48. The molecule has 118 valence electrons. The van der Waals surface area contributed by atoms with Crippen LogP contribution in [0.4, 0.5) is 0 Å². The van der Waals surface area contributed by atoms with Crippen LogP contribution in [-0.2, 0) is 23.8 Å². The molecule has 22 heavy (non-hydrogen) atoms. The number of hydrogen-bond acceptors (Lipinski definition) is 6. The summed E-state index contributed by atoms with van der Waals surface area (Å²) in [6, 6.07) is 9.18. The lowest BCUT2D eigenvalue weighted by atomic mass is 10.1. The van der Waals surface area contributed by atoms with E-state index < -0.39 is 30.4 Å². The Hall–Kier alpha value is -2.34. The molecule has 0 amide bonds. The molecular weight excluding hydrogens is 288 g/mol. The summed E-state index contributed by atoms with van der Waals surface area (Å²) in [5.41, 5.74) is 0. The Balaban J connectivity index is 2.02. The van der Waals surface area contributed by atoms with E-state index in [1.807, 2.05) is 18.2 Å². The minimum atomic E-state index is -0.644. The SMILES string of the molecule is CC(=O)OC[C@H]1O[C@@H](Oc2ccccc2)C=C[C@@H]1OC(C)=O. The number of carbonyl (C=O) groups is 2. The second-order valence-electron chi connectivity index (χ2n) is 4.74. The maximum atomic E-state index is 11.1. The van der Waals surface area contributed by atoms with Gasteiger partial charge < -0.3 is 18.9 Å². The lowest BCUT2D eigenvalue weighted by molar-refractivity contribution is -0.178. The molecule has 0 unspecified atom stereocenters. The third-order valence-corrected chi connectivity index (χ3v) is 2.88. The van der Waals surface area contributed by atoms with E-state index in [1.54, 1.807) is 24.3 Å². The van der Waals surface area contributed by atoms with Gasteiger partial charge in [0.1, 0.15) is 24.6 Å². The highest BCUT2D eigenvalue weighted by Gasteiger charge is 2.31. The Morgan fingerprint density at radius 1 is 1.09 bits per heavy atom. The normalized spacial score (nSPS) is 23.6. The Morgan fingerprint density at radius 2 is 1.82 bits per heavy atom. The zero-order chi connectivity index (χ0) is 15.9. The first-order valence-corrected chi connectivity index (χ1v) is 6.90. The Morgan fingerprint density at radius 3 is 2.45 bits per heavy atom. The van der Waals surface area contributed by atoms with Gasteiger partial charge in [-0.3, -0.25) is 9.59 Å². The van der Waals surface area contributed by atoms with Crippen molar-refractivity contribution >= 4 is 11.9 Å². The number of hydrogen-bond donors (Lipinski definition) is 0. The van der Waals surface area contributed by atoms with Crippen LogP contribution in [0.5, 0.6) is 5.75 Å². The van der Waals surface area contributed by atoms with Gasteiger partial charge in [-0.05, 0) is 24.3 Å². The van der Waals surface area contributed by atoms with Crippen molar-refractivity contribution < 1.29 is 28.5 Å². The van der Waals surface area contributed by atoms with Gasteiger partial charge in [0.15, 0.2) is 0 Å². The Kier molecular flexibility index (Phi) is 5.55. The van der Waals surface area contributed by atoms with Crippen molar-refractivity contribution in [2.75, 3.05) is 6.61 Å². The molecule has 0 N–H and O–H groups in total. The van der Waals surface area contributed by atoms with Gasteiger partial charge in [-0.2, -0.15) is 0 Å². The van der Waals surface area contributed by atoms with Crippen molar-refractivity contribution in [1.82, 2.24) is 0 Å². The fourth-order valence-corrected chi connectivity index (χ4v) is 1.96. The summed E-state index contributed by atoms with van der Waals surface area (Å²) in [7, 11) is 0. The largest absolute Gasteiger partial charge is 0.463 e. The van der Waals surface area contributed by atoms with Crippen LogP contribution in [0.15, 0.2) is 42.5 Å². The van der Waals surface area contributed by atoms with Crippen LogP contribution >= 0.6 is 0 Å². The summed E-state index contributed by atoms with van der Waals surface area (Å²) in [6.07, 6.45) is 1.45. The van der Waals surface area contributed by atoms with Gasteiger partial charge in [-0.1, -0.05) is 18.2 Å². The van der Waals surface area contributed by atoms with Crippen LogP contribution in [0.3, 0.4) is 0 Å². The van der Waals surface area contributed by atoms with E-state index in [0.29, 0.717) is 5.75 Å². The van der Waals surface area contributed by atoms with Crippen molar-refractivity contribution in [2.45, 2.75) is 32.3 Å². The molecule has 1 heterocycles. The zero-order valence-corrected chi connectivity index (χ0v) is 12.4. The standard InChI is InChI=1S/C16H18O6/c1-11(17)19-10-15-14(20-12(2)18)8-9-16(22-15)21-13-6-4-3-5-7-13/h3-9,14-16H,10H2,1-2H3/t14-,15+,16+/m0/s1. The topological polar surface area (TPSA) is 71.1 Å². The van der Waals surface area contributed by atoms with E-state index in [4.69, 9.17) is 18.9 Å². The highest BCUT2D eigenvalue weighted by atomic mass is 16.7. The lowest BCUT2D eigenvalue weighted by Gasteiger charge is -2.31. The summed E-state index contributed by atoms with van der Waals surface area (Å²) in [4.78, 5) is 22.1. The summed E-state index contributed by atoms with van der Waals surface area (Å²) in [6.45, 7) is 2.59. The number of rotatable bonds is 5. The van der Waals surface area contributed by atoms with Gasteiger partial charge in [-0.25, -0.2) is 0 Å². The van der Waals surface area contributed by atoms with Gasteiger partial charge in [0.2, 0.25) is 6.29 Å². The number of carbonyl (C=O) groups excluding carboxylic acids is 2. The van der Waals surface area contributed by atoms with Crippen molar-refractivity contribution in [3.63, 3.8) is 0 Å². The van der Waals surface area contributed by atoms with Gasteiger partial charge >= 0.3 is 11.9 Å². The van der Waals surface area contributed by atoms with Crippen molar-refractivity contribution in [2.24, 2.45) is 0 Å². The van der Waals surface area contributed by atoms with E-state index in [9.17, 15) is 9.59 Å². The third-order valence-electron chi connectivity index (χ3n) is 2.88. The molecule has 0 fully saturated rings. The molecule has 1 aromatic carbocycles. The molecule has 1 aliphatic heterocycles. The maximum absolute atomic E-state index is 11.1. The monoisotopic (exact) mass is 306 g/mol. The number of para-hydroxylation sites is 1. The van der Waals surface area contributed by atoms with E-state index in [2.05, 4.69) is 0 Å². The third kappa shape index (κ3) is 4.89. The summed E-state index contributed by atoms with van der Waals surface area (Å²) < 4.78 is 21.4. The molecular formula is C16H18O6. The van der Waals surface area contributed by atoms with Gasteiger partial charge in [-0.15, -0.1) is 0 Å². The molecule has 0 saturated carbocycles. The summed E-state index contributed by atoms with van der Waals surface area (Å²) in [5.74, 6) is -0.219. The molecule has 6 heteroatoms. The van der Waals surface area contributed by atoms with Crippen molar-refractivity contribution in [3.8, 4) is 5.75 Å². The second kappa shape index (κ2) is 7.61. The molecule has 1 aliphatic rings. The maximum Gasteiger partial charge on any atom is 0.303 e. The van der Waals surface area contributed by atoms with Crippen LogP contribution in [0.1, 0.15) is 13.8 Å². The van der Waals surface area contributed by atoms with E-state index in [-0.39, 0.29) is 6.61 Å². The van der Waals surface area contributed by atoms with Gasteiger partial charge in [0.05, 0.1) is 0 Å². The smallest absolute Gasteiger partial charge is 0.303 e. The van der Waals surface area contributed by atoms with Crippen LogP contribution < -0.4 is 4.74 Å². The summed E-state index contributed by atoms with van der Waals surface area (Å²) in [5, 5.41) is 0. The predicted octanol–water partition coefficient (Wildman–Crippen LogP) is 1.84. The molecule has 3 atom stereocenters. The van der Waals surface area contributed by atoms with Gasteiger partial charge in [0.25, 0.3) is 0 Å². The van der Waals surface area contributed by atoms with Crippen molar-refractivity contribution in [1.29, 1.82) is 0 Å². The molecule has 0 saturated heterocycles. The number of ether oxygens (including phenoxy) is 4. The molecule has 2 rings (SSSR count). The summed E-state index contributed by atoms with van der Waals surface area (Å²) >= 11 is 0. The predicted molar refractivity (Wildman–Crippen MR) is 77.1 cm³/mol. The van der Waals surface area contributed by atoms with Crippen LogP contribution in [0, 0.1) is 0 Å². The molecule has 0 aliphatic carbocycles. The van der Waals surface area contributed by atoms with Crippen LogP contribution in [0.2, 0.25) is 0 Å². The van der Waals surface area contributed by atoms with E-state index in [0.717, 1.165) is 0 Å². The first kappa shape index (κ1) is 16.0. The van der Waals surface area contributed by atoms with E-state index in [1.165, 1.54) is 13.8 Å². The van der Waals surface area contributed by atoms with Gasteiger partial charge in [0, 0.05) is 13.8 Å². The fourth-order valence-electron chi connectivity index (χ4n) is 1.96. The molecule has 0 aromatic heterocycles. The van der Waals surface area contributed by atoms with Crippen LogP contribution in [0.25, 0.3) is 0 Å². The Bertz CT molecular complexity index is 539. The highest BCUT2D eigenvalue weighted by Crippen LogP contribution is 2.20. The first-order chi connectivity index (χ1) is 10.5. The number of esters is 2. The molecule has 6 nitrogen and oxygen atoms in total. The quantitative estimate of drug-likeness (QED) is 0.610. The minimum Gasteiger partial charge on any atom is -0.463 e. The lowest BCUT2D eigenvalue weighted by Crippen LogP contribution is -2.42. The number of benzene rings is 1. The average molecular weight is 306 g/mol. The highest BCUT2D eigenvalue weighted by molar-refractivity contribution is 5.66. The van der Waals surface area contributed by atoms with E-state index >= 15 is 0 Å². The fraction of sp³-hybridized carbons (Fsp3) is 0.375. The molecule has 0 spiro atoms. The molecule has 1 aromatic rings. The first-order valence-electron chi connectivity index (χ1n) is 6.90. The van der Waals surface area contributed by atoms with Crippen molar-refractivity contribution in [3.05, 3.63) is 42.5 Å². The zero-order valence-electron chi connectivity index (χ0n) is 12.4. The minimum absolute atomic E-state index is 0.0216. The Labute approximate surface area is 128 Å². The molecule has 0 bridgehead atoms. The molecule has 0 radical (unpaired) electrons. The second-order valence-corrected chi connectivity index (χ2v) is 4.74. The van der Waals surface area contributed by atoms with Crippen LogP contribution in [-0.4, -0.2) is 37.0 Å².